The van der Waals surface area contributed by atoms with E-state index < -0.39 is 74.6 Å². The predicted octanol–water partition coefficient (Wildman–Crippen LogP) is -4.08. The minimum absolute atomic E-state index is 0.481. The van der Waals surface area contributed by atoms with E-state index in [1.165, 1.54) is 0 Å². The first-order valence-electron chi connectivity index (χ1n) is 7.47. The molecule has 2 aliphatic rings. The molecule has 0 unspecified atom stereocenters. The van der Waals surface area contributed by atoms with Gasteiger partial charge in [-0.3, -0.25) is 0 Å². The Kier molecular flexibility index (Phi) is 6.90. The predicted molar refractivity (Wildman–Crippen MR) is 75.5 cm³/mol. The average molecular weight is 367 g/mol. The van der Waals surface area contributed by atoms with Crippen LogP contribution in [0.1, 0.15) is 0 Å². The molecule has 0 saturated carbocycles. The molecule has 0 amide bonds. The van der Waals surface area contributed by atoms with Crippen LogP contribution in [-0.4, -0.2) is 110 Å². The fourth-order valence-corrected chi connectivity index (χ4v) is 2.61. The van der Waals surface area contributed by atoms with Gasteiger partial charge in [0.1, 0.15) is 48.8 Å². The van der Waals surface area contributed by atoms with Crippen LogP contribution in [0.4, 0.5) is 0 Å². The third-order valence-corrected chi connectivity index (χ3v) is 4.13. The molecule has 10 atom stereocenters. The van der Waals surface area contributed by atoms with E-state index in [2.05, 4.69) is 10.0 Å². The van der Waals surface area contributed by atoms with Crippen molar-refractivity contribution in [2.45, 2.75) is 61.3 Å². The Balaban J connectivity index is 2.00. The molecule has 7 N–H and O–H groups in total. The number of hydrogen-bond acceptors (Lipinski definition) is 11. The maximum atomic E-state index is 9.90. The van der Waals surface area contributed by atoms with Gasteiger partial charge in [0.25, 0.3) is 0 Å². The third kappa shape index (κ3) is 4.19. The number of aliphatic hydroxyl groups is 7. The van der Waals surface area contributed by atoms with Gasteiger partial charge >= 0.3 is 0 Å². The molecule has 0 aromatic heterocycles. The van der Waals surface area contributed by atoms with Gasteiger partial charge < -0.3 is 50.0 Å². The van der Waals surface area contributed by atoms with Gasteiger partial charge in [-0.05, 0) is 5.53 Å². The van der Waals surface area contributed by atoms with Gasteiger partial charge in [-0.1, -0.05) is 5.11 Å². The standard InChI is InChI=1S/C12H21N3O10/c13-15-14-11-9(21)7(19)6(18)4(24-11)2-23-12-10(22)8(20)5(17)3(1-16)25-12/h3-12,16-22H,1-2H2/t3-,4-,5-,6-,7+,8+,9+,10+,11+,12+/m1/s1. The number of hydrogen-bond donors (Lipinski definition) is 7. The minimum atomic E-state index is -1.67. The normalized spacial score (nSPS) is 48.0. The largest absolute Gasteiger partial charge is 0.394 e. The smallest absolute Gasteiger partial charge is 0.186 e. The molecule has 13 nitrogen and oxygen atoms in total. The first kappa shape index (κ1) is 20.2. The monoisotopic (exact) mass is 367 g/mol. The molecule has 0 radical (unpaired) electrons. The summed E-state index contributed by atoms with van der Waals surface area (Å²) in [6.45, 7) is -1.12. The van der Waals surface area contributed by atoms with Crippen LogP contribution in [0.15, 0.2) is 5.11 Å². The van der Waals surface area contributed by atoms with E-state index >= 15 is 0 Å². The van der Waals surface area contributed by atoms with E-state index in [1.807, 2.05) is 0 Å². The highest BCUT2D eigenvalue weighted by Gasteiger charge is 2.46. The molecular formula is C12H21N3O10. The SMILES string of the molecule is [N-]=[N+]=N[C@H]1O[C@H](CO[C@H]2O[C@H](CO)[C@@H](O)[C@H](O)[C@@H]2O)[C@@H](O)[C@H](O)[C@@H]1O. The van der Waals surface area contributed by atoms with Crippen LogP contribution in [0, 0.1) is 0 Å². The molecule has 2 aliphatic heterocycles. The lowest BCUT2D eigenvalue weighted by Crippen LogP contribution is -2.61. The van der Waals surface area contributed by atoms with Crippen molar-refractivity contribution in [2.75, 3.05) is 13.2 Å². The molecule has 2 fully saturated rings. The van der Waals surface area contributed by atoms with E-state index in [4.69, 9.17) is 24.8 Å². The fourth-order valence-electron chi connectivity index (χ4n) is 2.61. The summed E-state index contributed by atoms with van der Waals surface area (Å²) in [5.41, 5.74) is 8.42. The second-order valence-electron chi connectivity index (χ2n) is 5.77. The van der Waals surface area contributed by atoms with E-state index in [9.17, 15) is 30.6 Å². The molecule has 2 heterocycles. The maximum absolute atomic E-state index is 9.90. The van der Waals surface area contributed by atoms with Gasteiger partial charge in [0, 0.05) is 4.91 Å². The van der Waals surface area contributed by atoms with Crippen molar-refractivity contribution >= 4 is 0 Å². The summed E-state index contributed by atoms with van der Waals surface area (Å²) in [5, 5.41) is 70.7. The minimum Gasteiger partial charge on any atom is -0.394 e. The van der Waals surface area contributed by atoms with Crippen molar-refractivity contribution < 1.29 is 50.0 Å². The summed E-state index contributed by atoms with van der Waals surface area (Å²) in [7, 11) is 0. The van der Waals surface area contributed by atoms with Crippen molar-refractivity contribution in [2.24, 2.45) is 5.11 Å². The quantitative estimate of drug-likeness (QED) is 0.141. The Labute approximate surface area is 141 Å². The van der Waals surface area contributed by atoms with Crippen molar-refractivity contribution in [1.82, 2.24) is 0 Å². The molecule has 0 aliphatic carbocycles. The summed E-state index contributed by atoms with van der Waals surface area (Å²) in [6.07, 6.45) is -15.1. The van der Waals surface area contributed by atoms with Gasteiger partial charge in [-0.25, -0.2) is 0 Å². The molecule has 0 bridgehead atoms. The number of ether oxygens (including phenoxy) is 3. The summed E-state index contributed by atoms with van der Waals surface area (Å²) in [4.78, 5) is 2.46. The van der Waals surface area contributed by atoms with Crippen LogP contribution in [0.2, 0.25) is 0 Å². The summed E-state index contributed by atoms with van der Waals surface area (Å²) < 4.78 is 15.5. The van der Waals surface area contributed by atoms with Gasteiger partial charge in [-0.15, -0.1) is 0 Å². The zero-order chi connectivity index (χ0) is 18.7. The molecule has 2 rings (SSSR count). The lowest BCUT2D eigenvalue weighted by atomic mass is 9.98. The Bertz CT molecular complexity index is 490. The average Bonchev–Trinajstić information content (AvgIpc) is 2.60. The topological polar surface area (TPSA) is 218 Å². The third-order valence-electron chi connectivity index (χ3n) is 4.13. The highest BCUT2D eigenvalue weighted by molar-refractivity contribution is 4.92. The van der Waals surface area contributed by atoms with E-state index in [0.717, 1.165) is 0 Å². The molecular weight excluding hydrogens is 346 g/mol. The Morgan fingerprint density at radius 3 is 2.04 bits per heavy atom. The number of aliphatic hydroxyl groups excluding tert-OH is 7. The number of azide groups is 1. The van der Waals surface area contributed by atoms with Crippen LogP contribution < -0.4 is 0 Å². The zero-order valence-electron chi connectivity index (χ0n) is 12.9. The van der Waals surface area contributed by atoms with Gasteiger partial charge in [0.2, 0.25) is 0 Å². The molecule has 0 aromatic carbocycles. The van der Waals surface area contributed by atoms with Crippen molar-refractivity contribution in [3.63, 3.8) is 0 Å². The van der Waals surface area contributed by atoms with Crippen LogP contribution in [0.25, 0.3) is 10.4 Å². The van der Waals surface area contributed by atoms with E-state index in [1.54, 1.807) is 0 Å². The molecule has 0 spiro atoms. The van der Waals surface area contributed by atoms with E-state index in [0.29, 0.717) is 0 Å². The van der Waals surface area contributed by atoms with Crippen molar-refractivity contribution in [3.05, 3.63) is 10.4 Å². The lowest BCUT2D eigenvalue weighted by molar-refractivity contribution is -0.314. The van der Waals surface area contributed by atoms with Crippen LogP contribution >= 0.6 is 0 Å². The molecule has 2 saturated heterocycles. The van der Waals surface area contributed by atoms with Crippen LogP contribution in [0.3, 0.4) is 0 Å². The molecule has 0 aromatic rings. The summed E-state index contributed by atoms with van der Waals surface area (Å²) in [5.74, 6) is 0. The highest BCUT2D eigenvalue weighted by Crippen LogP contribution is 2.25. The Morgan fingerprint density at radius 2 is 1.44 bits per heavy atom. The summed E-state index contributed by atoms with van der Waals surface area (Å²) >= 11 is 0. The zero-order valence-corrected chi connectivity index (χ0v) is 12.9. The first-order valence-corrected chi connectivity index (χ1v) is 7.47. The van der Waals surface area contributed by atoms with Gasteiger partial charge in [0.15, 0.2) is 12.5 Å². The lowest BCUT2D eigenvalue weighted by Gasteiger charge is -2.42. The Morgan fingerprint density at radius 1 is 0.840 bits per heavy atom. The Hall–Kier alpha value is -1.09. The first-order chi connectivity index (χ1) is 11.8. The van der Waals surface area contributed by atoms with Crippen LogP contribution in [0.5, 0.6) is 0 Å². The second kappa shape index (κ2) is 8.53. The highest BCUT2D eigenvalue weighted by atomic mass is 16.7. The van der Waals surface area contributed by atoms with E-state index in [-0.39, 0.29) is 0 Å². The fraction of sp³-hybridized carbons (Fsp3) is 1.00. The molecule has 144 valence electrons. The van der Waals surface area contributed by atoms with Crippen molar-refractivity contribution in [3.8, 4) is 0 Å². The van der Waals surface area contributed by atoms with Gasteiger partial charge in [0.05, 0.1) is 13.2 Å². The van der Waals surface area contributed by atoms with Crippen LogP contribution in [-0.2, 0) is 14.2 Å². The maximum Gasteiger partial charge on any atom is 0.186 e. The molecule has 13 heteroatoms. The number of nitrogens with zero attached hydrogens (tertiary/aromatic N) is 3. The number of rotatable bonds is 5. The van der Waals surface area contributed by atoms with Crippen molar-refractivity contribution in [1.29, 1.82) is 0 Å². The second-order valence-corrected chi connectivity index (χ2v) is 5.77. The molecule has 25 heavy (non-hydrogen) atoms. The summed E-state index contributed by atoms with van der Waals surface area (Å²) in [6, 6.07) is 0. The van der Waals surface area contributed by atoms with Gasteiger partial charge in [-0.2, -0.15) is 0 Å².